The normalized spacial score (nSPS) is 9.00. The summed E-state index contributed by atoms with van der Waals surface area (Å²) in [6, 6.07) is 5.26. The summed E-state index contributed by atoms with van der Waals surface area (Å²) >= 11 is 0. The molecule has 0 amide bonds. The first-order valence-electron chi connectivity index (χ1n) is 4.08. The molecular formula is C9H6N2O5. The van der Waals surface area contributed by atoms with Gasteiger partial charge in [0.05, 0.1) is 16.6 Å². The van der Waals surface area contributed by atoms with E-state index < -0.39 is 16.6 Å². The Morgan fingerprint density at radius 3 is 2.75 bits per heavy atom. The summed E-state index contributed by atoms with van der Waals surface area (Å²) in [6.07, 6.45) is 0. The second-order valence-corrected chi connectivity index (χ2v) is 2.71. The van der Waals surface area contributed by atoms with Crippen LogP contribution in [-0.4, -0.2) is 10.9 Å². The van der Waals surface area contributed by atoms with Crippen LogP contribution in [0.1, 0.15) is 12.5 Å². The minimum Gasteiger partial charge on any atom is -0.280 e. The van der Waals surface area contributed by atoms with Crippen molar-refractivity contribution in [1.82, 2.24) is 0 Å². The smallest absolute Gasteiger partial charge is 0.280 e. The minimum atomic E-state index is -0.737. The summed E-state index contributed by atoms with van der Waals surface area (Å²) in [7, 11) is 0. The van der Waals surface area contributed by atoms with E-state index >= 15 is 0 Å². The molecular weight excluding hydrogens is 216 g/mol. The Labute approximate surface area is 89.9 Å². The van der Waals surface area contributed by atoms with E-state index in [1.165, 1.54) is 12.1 Å². The van der Waals surface area contributed by atoms with Gasteiger partial charge in [-0.1, -0.05) is 0 Å². The Kier molecular flexibility index (Phi) is 3.40. The van der Waals surface area contributed by atoms with E-state index in [0.717, 1.165) is 13.0 Å². The third-order valence-corrected chi connectivity index (χ3v) is 1.53. The fraction of sp³-hybridized carbons (Fsp3) is 0.111. The highest BCUT2D eigenvalue weighted by molar-refractivity contribution is 5.65. The van der Waals surface area contributed by atoms with Crippen molar-refractivity contribution in [2.24, 2.45) is 0 Å². The van der Waals surface area contributed by atoms with Crippen LogP contribution in [0.15, 0.2) is 18.2 Å². The van der Waals surface area contributed by atoms with E-state index in [9.17, 15) is 14.9 Å². The Morgan fingerprint density at radius 2 is 2.25 bits per heavy atom. The quantitative estimate of drug-likeness (QED) is 0.434. The Bertz CT molecular complexity index is 477. The third-order valence-electron chi connectivity index (χ3n) is 1.53. The van der Waals surface area contributed by atoms with Crippen molar-refractivity contribution >= 4 is 11.7 Å². The van der Waals surface area contributed by atoms with Crippen LogP contribution < -0.4 is 4.89 Å². The van der Waals surface area contributed by atoms with Crippen LogP contribution in [0.5, 0.6) is 5.75 Å². The number of nitrogens with zero attached hydrogens (tertiary/aromatic N) is 2. The van der Waals surface area contributed by atoms with E-state index in [-0.39, 0.29) is 11.3 Å². The van der Waals surface area contributed by atoms with Gasteiger partial charge in [0.15, 0.2) is 0 Å². The lowest BCUT2D eigenvalue weighted by atomic mass is 10.2. The molecule has 0 aliphatic carbocycles. The zero-order chi connectivity index (χ0) is 12.1. The largest absolute Gasteiger partial charge is 0.352 e. The predicted molar refractivity (Wildman–Crippen MR) is 50.2 cm³/mol. The van der Waals surface area contributed by atoms with Gasteiger partial charge in [-0.15, -0.1) is 0 Å². The number of rotatable bonds is 3. The minimum absolute atomic E-state index is 0.113. The van der Waals surface area contributed by atoms with Gasteiger partial charge < -0.3 is 0 Å². The molecule has 0 N–H and O–H groups in total. The average Bonchev–Trinajstić information content (AvgIpc) is 2.25. The van der Waals surface area contributed by atoms with Crippen LogP contribution in [0.3, 0.4) is 0 Å². The zero-order valence-electron chi connectivity index (χ0n) is 8.17. The average molecular weight is 222 g/mol. The summed E-state index contributed by atoms with van der Waals surface area (Å²) in [5.74, 6) is -0.974. The maximum atomic E-state index is 10.6. The monoisotopic (exact) mass is 222 g/mol. The number of nitro benzene ring substituents is 1. The molecule has 16 heavy (non-hydrogen) atoms. The van der Waals surface area contributed by atoms with Crippen molar-refractivity contribution in [3.63, 3.8) is 0 Å². The summed E-state index contributed by atoms with van der Waals surface area (Å²) in [5.41, 5.74) is -0.331. The van der Waals surface area contributed by atoms with Crippen molar-refractivity contribution in [2.45, 2.75) is 6.92 Å². The molecule has 0 saturated heterocycles. The number of carbonyl (C=O) groups is 1. The molecule has 0 bridgehead atoms. The van der Waals surface area contributed by atoms with E-state index in [2.05, 4.69) is 9.78 Å². The van der Waals surface area contributed by atoms with Crippen molar-refractivity contribution in [1.29, 1.82) is 5.26 Å². The first-order chi connectivity index (χ1) is 7.54. The van der Waals surface area contributed by atoms with Gasteiger partial charge in [0.2, 0.25) is 0 Å². The summed E-state index contributed by atoms with van der Waals surface area (Å²) in [4.78, 5) is 29.0. The highest BCUT2D eigenvalue weighted by Gasteiger charge is 2.18. The topological polar surface area (TPSA) is 102 Å². The molecule has 1 aromatic rings. The van der Waals surface area contributed by atoms with Gasteiger partial charge in [0, 0.05) is 13.0 Å². The number of hydrogen-bond acceptors (Lipinski definition) is 6. The SMILES string of the molecule is CC(=O)OOc1ccc(C#N)cc1[N+](=O)[O-]. The molecule has 82 valence electrons. The Morgan fingerprint density at radius 1 is 1.56 bits per heavy atom. The molecule has 0 heterocycles. The maximum absolute atomic E-state index is 10.6. The molecule has 0 aliphatic heterocycles. The van der Waals surface area contributed by atoms with Gasteiger partial charge in [0.1, 0.15) is 0 Å². The standard InChI is InChI=1S/C9H6N2O5/c1-6(12)15-16-9-3-2-7(5-10)4-8(9)11(13)14/h2-4H,1H3. The van der Waals surface area contributed by atoms with Crippen LogP contribution in [0.2, 0.25) is 0 Å². The zero-order valence-corrected chi connectivity index (χ0v) is 8.17. The summed E-state index contributed by atoms with van der Waals surface area (Å²) in [6.45, 7) is 1.09. The maximum Gasteiger partial charge on any atom is 0.352 e. The number of nitro groups is 1. The van der Waals surface area contributed by atoms with Gasteiger partial charge in [-0.2, -0.15) is 5.26 Å². The van der Waals surface area contributed by atoms with E-state index in [0.29, 0.717) is 0 Å². The molecule has 0 atom stereocenters. The fourth-order valence-corrected chi connectivity index (χ4v) is 0.904. The van der Waals surface area contributed by atoms with E-state index in [4.69, 9.17) is 5.26 Å². The van der Waals surface area contributed by atoms with Crippen molar-refractivity contribution in [3.8, 4) is 11.8 Å². The van der Waals surface area contributed by atoms with Crippen LogP contribution in [-0.2, 0) is 9.68 Å². The number of carbonyl (C=O) groups excluding carboxylic acids is 1. The van der Waals surface area contributed by atoms with Crippen molar-refractivity contribution in [2.75, 3.05) is 0 Å². The van der Waals surface area contributed by atoms with Crippen LogP contribution in [0, 0.1) is 21.4 Å². The predicted octanol–water partition coefficient (Wildman–Crippen LogP) is 1.32. The first-order valence-corrected chi connectivity index (χ1v) is 4.08. The van der Waals surface area contributed by atoms with Crippen LogP contribution in [0.25, 0.3) is 0 Å². The number of nitriles is 1. The number of benzene rings is 1. The highest BCUT2D eigenvalue weighted by atomic mass is 17.2. The van der Waals surface area contributed by atoms with Gasteiger partial charge in [-0.25, -0.2) is 4.79 Å². The van der Waals surface area contributed by atoms with Crippen LogP contribution in [0.4, 0.5) is 5.69 Å². The Balaban J connectivity index is 3.04. The molecule has 1 aromatic carbocycles. The van der Waals surface area contributed by atoms with E-state index in [1.54, 1.807) is 6.07 Å². The fourth-order valence-electron chi connectivity index (χ4n) is 0.904. The highest BCUT2D eigenvalue weighted by Crippen LogP contribution is 2.27. The lowest BCUT2D eigenvalue weighted by molar-refractivity contribution is -0.387. The molecule has 0 fully saturated rings. The van der Waals surface area contributed by atoms with Crippen molar-refractivity contribution < 1.29 is 19.5 Å². The first kappa shape index (κ1) is 11.5. The molecule has 0 spiro atoms. The summed E-state index contributed by atoms with van der Waals surface area (Å²) < 4.78 is 0. The number of hydrogen-bond donors (Lipinski definition) is 0. The van der Waals surface area contributed by atoms with Gasteiger partial charge >= 0.3 is 11.7 Å². The van der Waals surface area contributed by atoms with Gasteiger partial charge in [0.25, 0.3) is 5.75 Å². The van der Waals surface area contributed by atoms with Crippen LogP contribution >= 0.6 is 0 Å². The second-order valence-electron chi connectivity index (χ2n) is 2.71. The molecule has 7 nitrogen and oxygen atoms in total. The molecule has 7 heteroatoms. The molecule has 0 radical (unpaired) electrons. The molecule has 0 aliphatic rings. The summed E-state index contributed by atoms with van der Waals surface area (Å²) in [5, 5.41) is 19.2. The van der Waals surface area contributed by atoms with Gasteiger partial charge in [-0.05, 0) is 12.1 Å². The Hall–Kier alpha value is -2.62. The lowest BCUT2D eigenvalue weighted by Gasteiger charge is -2.02. The lowest BCUT2D eigenvalue weighted by Crippen LogP contribution is -2.04. The molecule has 0 unspecified atom stereocenters. The van der Waals surface area contributed by atoms with E-state index in [1.807, 2.05) is 0 Å². The molecule has 1 rings (SSSR count). The van der Waals surface area contributed by atoms with Crippen molar-refractivity contribution in [3.05, 3.63) is 33.9 Å². The second kappa shape index (κ2) is 4.75. The molecule has 0 aromatic heterocycles. The van der Waals surface area contributed by atoms with Gasteiger partial charge in [-0.3, -0.25) is 19.9 Å². The third kappa shape index (κ3) is 2.68. The molecule has 0 saturated carbocycles.